The zero-order valence-electron chi connectivity index (χ0n) is 12.8. The van der Waals surface area contributed by atoms with Gasteiger partial charge in [-0.05, 0) is 42.5 Å². The van der Waals surface area contributed by atoms with Gasteiger partial charge in [0.15, 0.2) is 0 Å². The molecule has 1 amide bonds. The fourth-order valence-corrected chi connectivity index (χ4v) is 2.05. The van der Waals surface area contributed by atoms with Crippen LogP contribution >= 0.6 is 0 Å². The standard InChI is InChI=1S/C18H11FN4O2/c19-16-6-5-13(9-12(16)10-20)23-17(24)15-4-2-8-22-18(15)25-14-3-1-7-21-11-14/h1-9,11H,(H,23,24). The van der Waals surface area contributed by atoms with E-state index in [0.717, 1.165) is 6.07 Å². The fraction of sp³-hybridized carbons (Fsp3) is 0. The molecular weight excluding hydrogens is 323 g/mol. The van der Waals surface area contributed by atoms with E-state index in [9.17, 15) is 9.18 Å². The predicted octanol–water partition coefficient (Wildman–Crippen LogP) is 3.53. The molecule has 3 aromatic rings. The van der Waals surface area contributed by atoms with E-state index in [1.54, 1.807) is 36.5 Å². The van der Waals surface area contributed by atoms with Crippen molar-refractivity contribution in [2.75, 3.05) is 5.32 Å². The van der Waals surface area contributed by atoms with Crippen molar-refractivity contribution in [3.63, 3.8) is 0 Å². The molecule has 0 aliphatic rings. The Morgan fingerprint density at radius 2 is 2.04 bits per heavy atom. The normalized spacial score (nSPS) is 9.92. The van der Waals surface area contributed by atoms with E-state index in [1.165, 1.54) is 24.5 Å². The second-order valence-electron chi connectivity index (χ2n) is 4.91. The van der Waals surface area contributed by atoms with Crippen LogP contribution in [-0.4, -0.2) is 15.9 Å². The lowest BCUT2D eigenvalue weighted by Gasteiger charge is -2.10. The quantitative estimate of drug-likeness (QED) is 0.788. The van der Waals surface area contributed by atoms with Crippen LogP contribution in [0.2, 0.25) is 0 Å². The molecule has 0 aliphatic carbocycles. The summed E-state index contributed by atoms with van der Waals surface area (Å²) >= 11 is 0. The second-order valence-corrected chi connectivity index (χ2v) is 4.91. The van der Waals surface area contributed by atoms with Crippen LogP contribution in [0.15, 0.2) is 61.1 Å². The third-order valence-corrected chi connectivity index (χ3v) is 3.21. The molecule has 0 atom stereocenters. The van der Waals surface area contributed by atoms with Gasteiger partial charge in [-0.15, -0.1) is 0 Å². The average molecular weight is 334 g/mol. The Labute approximate surface area is 142 Å². The Hall–Kier alpha value is -3.79. The van der Waals surface area contributed by atoms with E-state index in [4.69, 9.17) is 10.00 Å². The molecule has 6 nitrogen and oxygen atoms in total. The van der Waals surface area contributed by atoms with Gasteiger partial charge in [-0.25, -0.2) is 9.37 Å². The molecule has 0 aliphatic heterocycles. The zero-order chi connectivity index (χ0) is 17.6. The molecular formula is C18H11FN4O2. The van der Waals surface area contributed by atoms with E-state index in [0.29, 0.717) is 11.4 Å². The Bertz CT molecular complexity index is 955. The number of amides is 1. The van der Waals surface area contributed by atoms with Crippen molar-refractivity contribution in [3.05, 3.63) is 78.0 Å². The van der Waals surface area contributed by atoms with Crippen LogP contribution in [0.4, 0.5) is 10.1 Å². The third kappa shape index (κ3) is 3.76. The fourth-order valence-electron chi connectivity index (χ4n) is 2.05. The van der Waals surface area contributed by atoms with E-state index in [-0.39, 0.29) is 17.0 Å². The summed E-state index contributed by atoms with van der Waals surface area (Å²) in [5.41, 5.74) is 0.323. The molecule has 3 rings (SSSR count). The monoisotopic (exact) mass is 334 g/mol. The second kappa shape index (κ2) is 7.19. The van der Waals surface area contributed by atoms with Crippen LogP contribution in [0, 0.1) is 17.1 Å². The van der Waals surface area contributed by atoms with Gasteiger partial charge >= 0.3 is 0 Å². The van der Waals surface area contributed by atoms with Crippen molar-refractivity contribution in [1.29, 1.82) is 5.26 Å². The van der Waals surface area contributed by atoms with E-state index in [2.05, 4.69) is 15.3 Å². The molecule has 0 unspecified atom stereocenters. The molecule has 0 spiro atoms. The summed E-state index contributed by atoms with van der Waals surface area (Å²) in [5, 5.41) is 11.5. The lowest BCUT2D eigenvalue weighted by Crippen LogP contribution is -2.13. The largest absolute Gasteiger partial charge is 0.437 e. The van der Waals surface area contributed by atoms with Gasteiger partial charge in [-0.1, -0.05) is 0 Å². The first-order valence-electron chi connectivity index (χ1n) is 7.21. The van der Waals surface area contributed by atoms with Gasteiger partial charge in [0, 0.05) is 18.1 Å². The number of pyridine rings is 2. The number of nitrogens with one attached hydrogen (secondary N) is 1. The van der Waals surface area contributed by atoms with Crippen molar-refractivity contribution in [2.45, 2.75) is 0 Å². The van der Waals surface area contributed by atoms with Gasteiger partial charge in [0.2, 0.25) is 5.88 Å². The number of aromatic nitrogens is 2. The molecule has 0 bridgehead atoms. The molecule has 25 heavy (non-hydrogen) atoms. The summed E-state index contributed by atoms with van der Waals surface area (Å²) in [4.78, 5) is 20.5. The van der Waals surface area contributed by atoms with E-state index < -0.39 is 11.7 Å². The molecule has 2 aromatic heterocycles. The molecule has 0 saturated carbocycles. The van der Waals surface area contributed by atoms with Crippen molar-refractivity contribution in [2.24, 2.45) is 0 Å². The summed E-state index contributed by atoms with van der Waals surface area (Å²) in [7, 11) is 0. The minimum Gasteiger partial charge on any atom is -0.437 e. The van der Waals surface area contributed by atoms with E-state index in [1.807, 2.05) is 0 Å². The maximum atomic E-state index is 13.4. The lowest BCUT2D eigenvalue weighted by atomic mass is 10.2. The van der Waals surface area contributed by atoms with Crippen LogP contribution in [-0.2, 0) is 0 Å². The van der Waals surface area contributed by atoms with Crippen molar-refractivity contribution in [3.8, 4) is 17.7 Å². The van der Waals surface area contributed by atoms with Crippen LogP contribution in [0.1, 0.15) is 15.9 Å². The number of hydrogen-bond acceptors (Lipinski definition) is 5. The summed E-state index contributed by atoms with van der Waals surface area (Å²) in [6.07, 6.45) is 4.59. The highest BCUT2D eigenvalue weighted by Crippen LogP contribution is 2.23. The molecule has 1 N–H and O–H groups in total. The lowest BCUT2D eigenvalue weighted by molar-refractivity contribution is 0.102. The molecule has 0 saturated heterocycles. The number of carbonyl (C=O) groups excluding carboxylic acids is 1. The summed E-state index contributed by atoms with van der Waals surface area (Å²) in [6, 6.07) is 12.0. The average Bonchev–Trinajstić information content (AvgIpc) is 2.64. The van der Waals surface area contributed by atoms with Gasteiger partial charge in [0.05, 0.1) is 11.8 Å². The molecule has 2 heterocycles. The Morgan fingerprint density at radius 3 is 2.80 bits per heavy atom. The highest BCUT2D eigenvalue weighted by atomic mass is 19.1. The summed E-state index contributed by atoms with van der Waals surface area (Å²) < 4.78 is 19.0. The Kier molecular flexibility index (Phi) is 4.62. The maximum absolute atomic E-state index is 13.4. The smallest absolute Gasteiger partial charge is 0.261 e. The Balaban J connectivity index is 1.84. The number of anilines is 1. The number of ether oxygens (including phenoxy) is 1. The van der Waals surface area contributed by atoms with Crippen LogP contribution < -0.4 is 10.1 Å². The van der Waals surface area contributed by atoms with Crippen molar-refractivity contribution in [1.82, 2.24) is 9.97 Å². The number of rotatable bonds is 4. The maximum Gasteiger partial charge on any atom is 0.261 e. The number of hydrogen-bond donors (Lipinski definition) is 1. The number of nitriles is 1. The van der Waals surface area contributed by atoms with Crippen LogP contribution in [0.3, 0.4) is 0 Å². The molecule has 122 valence electrons. The summed E-state index contributed by atoms with van der Waals surface area (Å²) in [6.45, 7) is 0. The van der Waals surface area contributed by atoms with Crippen molar-refractivity contribution >= 4 is 11.6 Å². The molecule has 1 aromatic carbocycles. The minimum absolute atomic E-state index is 0.107. The van der Waals surface area contributed by atoms with Gasteiger partial charge in [-0.3, -0.25) is 9.78 Å². The van der Waals surface area contributed by atoms with Gasteiger partial charge in [0.25, 0.3) is 5.91 Å². The predicted molar refractivity (Wildman–Crippen MR) is 87.6 cm³/mol. The SMILES string of the molecule is N#Cc1cc(NC(=O)c2cccnc2Oc2cccnc2)ccc1F. The van der Waals surface area contributed by atoms with Gasteiger partial charge in [0.1, 0.15) is 23.2 Å². The van der Waals surface area contributed by atoms with Gasteiger partial charge in [-0.2, -0.15) is 5.26 Å². The highest BCUT2D eigenvalue weighted by Gasteiger charge is 2.15. The minimum atomic E-state index is -0.650. The zero-order valence-corrected chi connectivity index (χ0v) is 12.8. The highest BCUT2D eigenvalue weighted by molar-refractivity contribution is 6.05. The topological polar surface area (TPSA) is 87.9 Å². The number of halogens is 1. The number of nitrogens with zero attached hydrogens (tertiary/aromatic N) is 3. The number of benzene rings is 1. The van der Waals surface area contributed by atoms with Gasteiger partial charge < -0.3 is 10.1 Å². The Morgan fingerprint density at radius 1 is 1.20 bits per heavy atom. The first-order valence-corrected chi connectivity index (χ1v) is 7.21. The third-order valence-electron chi connectivity index (χ3n) is 3.21. The number of carbonyl (C=O) groups is 1. The molecule has 0 radical (unpaired) electrons. The molecule has 0 fully saturated rings. The van der Waals surface area contributed by atoms with Crippen LogP contribution in [0.5, 0.6) is 11.6 Å². The van der Waals surface area contributed by atoms with E-state index >= 15 is 0 Å². The first-order chi connectivity index (χ1) is 12.2. The molecule has 7 heteroatoms. The van der Waals surface area contributed by atoms with Crippen LogP contribution in [0.25, 0.3) is 0 Å². The van der Waals surface area contributed by atoms with Crippen molar-refractivity contribution < 1.29 is 13.9 Å². The first kappa shape index (κ1) is 16.1. The summed E-state index contributed by atoms with van der Waals surface area (Å²) in [5.74, 6) is -0.607.